The first kappa shape index (κ1) is 14.8. The lowest BCUT2D eigenvalue weighted by atomic mass is 9.73. The lowest BCUT2D eigenvalue weighted by molar-refractivity contribution is 0.0190. The number of hydrogen-bond acceptors (Lipinski definition) is 2. The van der Waals surface area contributed by atoms with Crippen molar-refractivity contribution in [3.63, 3.8) is 0 Å². The quantitative estimate of drug-likeness (QED) is 0.829. The summed E-state index contributed by atoms with van der Waals surface area (Å²) in [5, 5.41) is 3.66. The third-order valence-corrected chi connectivity index (χ3v) is 6.45. The predicted molar refractivity (Wildman–Crippen MR) is 85.9 cm³/mol. The van der Waals surface area contributed by atoms with Crippen molar-refractivity contribution >= 4 is 0 Å². The molecule has 1 atom stereocenters. The van der Waals surface area contributed by atoms with Crippen molar-refractivity contribution in [3.8, 4) is 0 Å². The Hall–Kier alpha value is -0.0800. The Bertz CT molecular complexity index is 293. The molecule has 1 unspecified atom stereocenters. The Kier molecular flexibility index (Phi) is 4.72. The van der Waals surface area contributed by atoms with E-state index in [9.17, 15) is 0 Å². The summed E-state index contributed by atoms with van der Waals surface area (Å²) in [6.45, 7) is 10.1. The molecule has 3 aliphatic rings. The second kappa shape index (κ2) is 6.36. The maximum atomic E-state index is 3.66. The van der Waals surface area contributed by atoms with Gasteiger partial charge in [-0.1, -0.05) is 13.8 Å². The Balaban J connectivity index is 1.55. The minimum Gasteiger partial charge on any atom is -0.316 e. The Labute approximate surface area is 125 Å². The summed E-state index contributed by atoms with van der Waals surface area (Å²) < 4.78 is 0. The van der Waals surface area contributed by atoms with E-state index in [1.807, 2.05) is 0 Å². The molecule has 2 heteroatoms. The molecule has 2 nitrogen and oxygen atoms in total. The second-order valence-electron chi connectivity index (χ2n) is 8.17. The van der Waals surface area contributed by atoms with Gasteiger partial charge >= 0.3 is 0 Å². The first-order chi connectivity index (χ1) is 9.69. The SMILES string of the molecule is CC(C)C1CCC(N2CCCC3(CCCNC3)C2)CC1. The number of piperidine rings is 2. The van der Waals surface area contributed by atoms with Crippen LogP contribution < -0.4 is 5.32 Å². The van der Waals surface area contributed by atoms with Crippen LogP contribution >= 0.6 is 0 Å². The van der Waals surface area contributed by atoms with Gasteiger partial charge in [0.05, 0.1) is 0 Å². The number of rotatable bonds is 2. The van der Waals surface area contributed by atoms with Gasteiger partial charge in [0, 0.05) is 19.1 Å². The first-order valence-corrected chi connectivity index (χ1v) is 9.13. The van der Waals surface area contributed by atoms with Crippen LogP contribution in [0.25, 0.3) is 0 Å². The van der Waals surface area contributed by atoms with Crippen LogP contribution in [0, 0.1) is 17.3 Å². The van der Waals surface area contributed by atoms with E-state index in [0.717, 1.165) is 17.9 Å². The Morgan fingerprint density at radius 3 is 2.45 bits per heavy atom. The van der Waals surface area contributed by atoms with E-state index in [4.69, 9.17) is 0 Å². The van der Waals surface area contributed by atoms with Gasteiger partial charge in [-0.05, 0) is 81.7 Å². The highest BCUT2D eigenvalue weighted by Crippen LogP contribution is 2.39. The normalized spacial score (nSPS) is 40.4. The summed E-state index contributed by atoms with van der Waals surface area (Å²) in [4.78, 5) is 2.88. The van der Waals surface area contributed by atoms with E-state index in [-0.39, 0.29) is 0 Å². The average Bonchev–Trinajstić information content (AvgIpc) is 2.48. The molecule has 3 rings (SSSR count). The van der Waals surface area contributed by atoms with E-state index >= 15 is 0 Å². The molecule has 2 aliphatic heterocycles. The zero-order chi connectivity index (χ0) is 14.0. The Morgan fingerprint density at radius 2 is 1.80 bits per heavy atom. The smallest absolute Gasteiger partial charge is 0.00957 e. The number of likely N-dealkylation sites (tertiary alicyclic amines) is 1. The van der Waals surface area contributed by atoms with E-state index in [1.54, 1.807) is 0 Å². The molecule has 0 aromatic heterocycles. The molecule has 0 aromatic rings. The van der Waals surface area contributed by atoms with E-state index in [0.29, 0.717) is 5.41 Å². The topological polar surface area (TPSA) is 15.3 Å². The fraction of sp³-hybridized carbons (Fsp3) is 1.00. The molecule has 1 aliphatic carbocycles. The van der Waals surface area contributed by atoms with E-state index < -0.39 is 0 Å². The van der Waals surface area contributed by atoms with Crippen molar-refractivity contribution in [2.45, 2.75) is 71.3 Å². The summed E-state index contributed by atoms with van der Waals surface area (Å²) in [6, 6.07) is 0.907. The maximum absolute atomic E-state index is 3.66. The standard InChI is InChI=1S/C18H34N2/c1-15(2)16-5-7-17(8-6-16)20-12-4-10-18(14-20)9-3-11-19-13-18/h15-17,19H,3-14H2,1-2H3. The van der Waals surface area contributed by atoms with Crippen molar-refractivity contribution in [2.75, 3.05) is 26.2 Å². The minimum absolute atomic E-state index is 0.630. The van der Waals surface area contributed by atoms with Gasteiger partial charge in [0.15, 0.2) is 0 Å². The zero-order valence-corrected chi connectivity index (χ0v) is 13.7. The molecule has 2 saturated heterocycles. The van der Waals surface area contributed by atoms with Crippen molar-refractivity contribution < 1.29 is 0 Å². The maximum Gasteiger partial charge on any atom is 0.00957 e. The van der Waals surface area contributed by atoms with Crippen LogP contribution in [0.2, 0.25) is 0 Å². The van der Waals surface area contributed by atoms with Crippen LogP contribution in [0.3, 0.4) is 0 Å². The fourth-order valence-electron chi connectivity index (χ4n) is 5.07. The molecule has 0 bridgehead atoms. The van der Waals surface area contributed by atoms with Crippen molar-refractivity contribution in [2.24, 2.45) is 17.3 Å². The molecule has 0 radical (unpaired) electrons. The summed E-state index contributed by atoms with van der Waals surface area (Å²) in [5.74, 6) is 1.90. The summed E-state index contributed by atoms with van der Waals surface area (Å²) in [5.41, 5.74) is 0.630. The molecule has 116 valence electrons. The zero-order valence-electron chi connectivity index (χ0n) is 13.7. The van der Waals surface area contributed by atoms with Crippen LogP contribution in [0.5, 0.6) is 0 Å². The van der Waals surface area contributed by atoms with Crippen LogP contribution in [0.15, 0.2) is 0 Å². The highest BCUT2D eigenvalue weighted by atomic mass is 15.2. The van der Waals surface area contributed by atoms with Crippen LogP contribution in [-0.2, 0) is 0 Å². The molecule has 2 heterocycles. The molecule has 0 amide bonds. The fourth-order valence-corrected chi connectivity index (χ4v) is 5.07. The molecular formula is C18H34N2. The summed E-state index contributed by atoms with van der Waals surface area (Å²) in [6.07, 6.45) is 11.7. The minimum atomic E-state index is 0.630. The summed E-state index contributed by atoms with van der Waals surface area (Å²) >= 11 is 0. The van der Waals surface area contributed by atoms with E-state index in [1.165, 1.54) is 77.5 Å². The van der Waals surface area contributed by atoms with Crippen LogP contribution in [0.4, 0.5) is 0 Å². The van der Waals surface area contributed by atoms with Gasteiger partial charge in [-0.25, -0.2) is 0 Å². The highest BCUT2D eigenvalue weighted by Gasteiger charge is 2.39. The summed E-state index contributed by atoms with van der Waals surface area (Å²) in [7, 11) is 0. The predicted octanol–water partition coefficient (Wildman–Crippen LogP) is 3.67. The number of hydrogen-bond donors (Lipinski definition) is 1. The van der Waals surface area contributed by atoms with Crippen molar-refractivity contribution in [1.82, 2.24) is 10.2 Å². The largest absolute Gasteiger partial charge is 0.316 e. The van der Waals surface area contributed by atoms with Gasteiger partial charge < -0.3 is 5.32 Å². The van der Waals surface area contributed by atoms with Crippen LogP contribution in [-0.4, -0.2) is 37.1 Å². The van der Waals surface area contributed by atoms with Gasteiger partial charge in [-0.15, -0.1) is 0 Å². The van der Waals surface area contributed by atoms with Gasteiger partial charge in [0.25, 0.3) is 0 Å². The highest BCUT2D eigenvalue weighted by molar-refractivity contribution is 4.94. The van der Waals surface area contributed by atoms with Crippen LogP contribution in [0.1, 0.15) is 65.2 Å². The molecule has 3 fully saturated rings. The number of nitrogens with zero attached hydrogens (tertiary/aromatic N) is 1. The molecule has 1 N–H and O–H groups in total. The lowest BCUT2D eigenvalue weighted by Crippen LogP contribution is -2.54. The van der Waals surface area contributed by atoms with E-state index in [2.05, 4.69) is 24.1 Å². The molecular weight excluding hydrogens is 244 g/mol. The first-order valence-electron chi connectivity index (χ1n) is 9.13. The van der Waals surface area contributed by atoms with Gasteiger partial charge in [-0.2, -0.15) is 0 Å². The van der Waals surface area contributed by atoms with Gasteiger partial charge in [0.2, 0.25) is 0 Å². The average molecular weight is 278 g/mol. The molecule has 20 heavy (non-hydrogen) atoms. The third-order valence-electron chi connectivity index (χ3n) is 6.45. The molecule has 0 aromatic carbocycles. The van der Waals surface area contributed by atoms with Gasteiger partial charge in [0.1, 0.15) is 0 Å². The second-order valence-corrected chi connectivity index (χ2v) is 8.17. The molecule has 1 saturated carbocycles. The Morgan fingerprint density at radius 1 is 1.05 bits per heavy atom. The number of nitrogens with one attached hydrogen (secondary N) is 1. The monoisotopic (exact) mass is 278 g/mol. The van der Waals surface area contributed by atoms with Gasteiger partial charge in [-0.3, -0.25) is 4.90 Å². The lowest BCUT2D eigenvalue weighted by Gasteiger charge is -2.49. The van der Waals surface area contributed by atoms with Crippen molar-refractivity contribution in [3.05, 3.63) is 0 Å². The van der Waals surface area contributed by atoms with Crippen molar-refractivity contribution in [1.29, 1.82) is 0 Å². The molecule has 1 spiro atoms. The third kappa shape index (κ3) is 3.22.